The van der Waals surface area contributed by atoms with E-state index in [4.69, 9.17) is 23.2 Å². The van der Waals surface area contributed by atoms with Gasteiger partial charge in [0.2, 0.25) is 11.8 Å². The van der Waals surface area contributed by atoms with Crippen LogP contribution >= 0.6 is 23.2 Å². The largest absolute Gasteiger partial charge is 0.506 e. The number of amides is 2. The Balaban J connectivity index is 1.92. The standard InChI is InChI=1S/C23H22Cl2N2O5/c1-11(2)10-23(22(31)32)17-16(18(26-23)14-8-12(24)9-15(25)19(14)28)20(29)27(21(17)30)13-6-4-3-5-7-13/h3-9,11,16-18,26,28H,10H2,1-2H3,(H,31,32)/t16-,17-,18-,23+/m1/s1. The van der Waals surface area contributed by atoms with E-state index in [9.17, 15) is 24.6 Å². The van der Waals surface area contributed by atoms with Gasteiger partial charge in [-0.1, -0.05) is 55.2 Å². The average molecular weight is 477 g/mol. The number of nitrogens with zero attached hydrogens (tertiary/aromatic N) is 1. The van der Waals surface area contributed by atoms with Gasteiger partial charge in [0, 0.05) is 16.6 Å². The summed E-state index contributed by atoms with van der Waals surface area (Å²) >= 11 is 12.3. The van der Waals surface area contributed by atoms with Crippen molar-refractivity contribution in [3.05, 3.63) is 58.1 Å². The molecule has 2 aromatic rings. The molecule has 2 saturated heterocycles. The minimum atomic E-state index is -1.71. The summed E-state index contributed by atoms with van der Waals surface area (Å²) in [6.07, 6.45) is 0.108. The number of hydrogen-bond donors (Lipinski definition) is 3. The molecule has 168 valence electrons. The van der Waals surface area contributed by atoms with Gasteiger partial charge in [0.15, 0.2) is 0 Å². The SMILES string of the molecule is CC(C)C[C@]1(C(=O)O)N[C@H](c2cc(Cl)cc(Cl)c2O)[C@@H]2C(=O)N(c3ccccc3)C(=O)[C@@H]21. The van der Waals surface area contributed by atoms with E-state index in [0.717, 1.165) is 4.90 Å². The van der Waals surface area contributed by atoms with Gasteiger partial charge in [0.25, 0.3) is 0 Å². The summed E-state index contributed by atoms with van der Waals surface area (Å²) in [5.41, 5.74) is -1.16. The summed E-state index contributed by atoms with van der Waals surface area (Å²) in [6, 6.07) is 10.2. The number of fused-ring (bicyclic) bond motifs is 1. The van der Waals surface area contributed by atoms with Crippen molar-refractivity contribution in [2.24, 2.45) is 17.8 Å². The van der Waals surface area contributed by atoms with Crippen LogP contribution < -0.4 is 10.2 Å². The lowest BCUT2D eigenvalue weighted by atomic mass is 9.75. The Bertz CT molecular complexity index is 1110. The Morgan fingerprint density at radius 2 is 1.81 bits per heavy atom. The van der Waals surface area contributed by atoms with Gasteiger partial charge in [-0.05, 0) is 36.6 Å². The van der Waals surface area contributed by atoms with E-state index < -0.39 is 41.2 Å². The zero-order chi connectivity index (χ0) is 23.4. The molecule has 4 atom stereocenters. The molecule has 2 aromatic carbocycles. The first-order valence-electron chi connectivity index (χ1n) is 10.2. The van der Waals surface area contributed by atoms with E-state index in [-0.39, 0.29) is 33.7 Å². The van der Waals surface area contributed by atoms with Crippen LogP contribution in [0.5, 0.6) is 5.75 Å². The number of hydrogen-bond acceptors (Lipinski definition) is 5. The Kier molecular flexibility index (Phi) is 5.69. The fraction of sp³-hybridized carbons (Fsp3) is 0.348. The Morgan fingerprint density at radius 1 is 1.16 bits per heavy atom. The number of carboxylic acid groups (broad SMARTS) is 1. The third kappa shape index (κ3) is 3.36. The van der Waals surface area contributed by atoms with Gasteiger partial charge in [-0.15, -0.1) is 0 Å². The van der Waals surface area contributed by atoms with Crippen LogP contribution in [0.15, 0.2) is 42.5 Å². The predicted octanol–water partition coefficient (Wildman–Crippen LogP) is 4.02. The quantitative estimate of drug-likeness (QED) is 0.562. The zero-order valence-corrected chi connectivity index (χ0v) is 18.9. The molecule has 0 aliphatic carbocycles. The lowest BCUT2D eigenvalue weighted by Gasteiger charge is -2.32. The van der Waals surface area contributed by atoms with E-state index in [1.54, 1.807) is 30.3 Å². The molecule has 0 saturated carbocycles. The minimum absolute atomic E-state index is 0.0285. The second-order valence-corrected chi connectivity index (χ2v) is 9.52. The lowest BCUT2D eigenvalue weighted by Crippen LogP contribution is -2.56. The molecule has 2 fully saturated rings. The number of nitrogens with one attached hydrogen (secondary N) is 1. The minimum Gasteiger partial charge on any atom is -0.506 e. The molecule has 4 rings (SSSR count). The second kappa shape index (κ2) is 8.06. The van der Waals surface area contributed by atoms with Crippen molar-refractivity contribution >= 4 is 46.7 Å². The fourth-order valence-electron chi connectivity index (χ4n) is 5.04. The molecule has 0 aromatic heterocycles. The van der Waals surface area contributed by atoms with Crippen molar-refractivity contribution in [2.45, 2.75) is 31.8 Å². The van der Waals surface area contributed by atoms with Crippen molar-refractivity contribution in [1.29, 1.82) is 0 Å². The van der Waals surface area contributed by atoms with Crippen molar-refractivity contribution < 1.29 is 24.6 Å². The number of carboxylic acids is 1. The number of aliphatic carboxylic acids is 1. The molecular formula is C23H22Cl2N2O5. The van der Waals surface area contributed by atoms with Gasteiger partial charge >= 0.3 is 5.97 Å². The molecule has 2 heterocycles. The third-order valence-electron chi connectivity index (χ3n) is 6.17. The maximum Gasteiger partial charge on any atom is 0.324 e. The summed E-state index contributed by atoms with van der Waals surface area (Å²) in [7, 11) is 0. The predicted molar refractivity (Wildman–Crippen MR) is 120 cm³/mol. The maximum atomic E-state index is 13.6. The van der Waals surface area contributed by atoms with Crippen molar-refractivity contribution in [1.82, 2.24) is 5.32 Å². The Hall–Kier alpha value is -2.61. The van der Waals surface area contributed by atoms with Crippen molar-refractivity contribution in [3.8, 4) is 5.75 Å². The van der Waals surface area contributed by atoms with Crippen LogP contribution in [0.2, 0.25) is 10.0 Å². The first-order chi connectivity index (χ1) is 15.1. The summed E-state index contributed by atoms with van der Waals surface area (Å²) in [5, 5.41) is 24.2. The molecule has 9 heteroatoms. The molecule has 0 spiro atoms. The van der Waals surface area contributed by atoms with E-state index in [1.165, 1.54) is 12.1 Å². The summed E-state index contributed by atoms with van der Waals surface area (Å²) in [6.45, 7) is 3.69. The van der Waals surface area contributed by atoms with Crippen molar-refractivity contribution in [3.63, 3.8) is 0 Å². The van der Waals surface area contributed by atoms with Crippen LogP contribution in [-0.2, 0) is 14.4 Å². The number of imide groups is 1. The number of phenols is 1. The van der Waals surface area contributed by atoms with Gasteiger partial charge < -0.3 is 10.2 Å². The fourth-order valence-corrected chi connectivity index (χ4v) is 5.55. The van der Waals surface area contributed by atoms with Gasteiger partial charge in [-0.3, -0.25) is 19.7 Å². The maximum absolute atomic E-state index is 13.6. The van der Waals surface area contributed by atoms with E-state index in [1.807, 2.05) is 13.8 Å². The molecule has 2 aliphatic rings. The zero-order valence-electron chi connectivity index (χ0n) is 17.4. The van der Waals surface area contributed by atoms with Gasteiger partial charge in [0.1, 0.15) is 11.3 Å². The molecule has 2 amide bonds. The number of benzene rings is 2. The number of carbonyl (C=O) groups is 3. The lowest BCUT2D eigenvalue weighted by molar-refractivity contribution is -0.149. The van der Waals surface area contributed by atoms with Gasteiger partial charge in [-0.25, -0.2) is 4.90 Å². The first kappa shape index (κ1) is 22.6. The molecule has 7 nitrogen and oxygen atoms in total. The molecule has 0 bridgehead atoms. The average Bonchev–Trinajstić information content (AvgIpc) is 3.19. The van der Waals surface area contributed by atoms with Crippen molar-refractivity contribution in [2.75, 3.05) is 4.90 Å². The van der Waals surface area contributed by atoms with Crippen LogP contribution in [0.4, 0.5) is 5.69 Å². The highest BCUT2D eigenvalue weighted by Gasteiger charge is 2.68. The number of aromatic hydroxyl groups is 1. The van der Waals surface area contributed by atoms with Gasteiger partial charge in [-0.2, -0.15) is 0 Å². The Morgan fingerprint density at radius 3 is 2.41 bits per heavy atom. The summed E-state index contributed by atoms with van der Waals surface area (Å²) in [5.74, 6) is -4.98. The second-order valence-electron chi connectivity index (χ2n) is 8.67. The molecular weight excluding hydrogens is 455 g/mol. The molecule has 3 N–H and O–H groups in total. The van der Waals surface area contributed by atoms with E-state index >= 15 is 0 Å². The number of rotatable bonds is 5. The summed E-state index contributed by atoms with van der Waals surface area (Å²) in [4.78, 5) is 40.8. The van der Waals surface area contributed by atoms with Crippen LogP contribution in [0, 0.1) is 17.8 Å². The molecule has 2 aliphatic heterocycles. The highest BCUT2D eigenvalue weighted by Crippen LogP contribution is 2.53. The number of phenolic OH excluding ortho intramolecular Hbond substituents is 1. The first-order valence-corrected chi connectivity index (χ1v) is 11.0. The van der Waals surface area contributed by atoms with E-state index in [2.05, 4.69) is 5.32 Å². The van der Waals surface area contributed by atoms with Gasteiger partial charge in [0.05, 0.1) is 22.5 Å². The van der Waals surface area contributed by atoms with Crippen LogP contribution in [0.3, 0.4) is 0 Å². The number of carbonyl (C=O) groups excluding carboxylic acids is 2. The number of anilines is 1. The Labute approximate surface area is 194 Å². The number of halogens is 2. The summed E-state index contributed by atoms with van der Waals surface area (Å²) < 4.78 is 0. The highest BCUT2D eigenvalue weighted by atomic mass is 35.5. The number of para-hydroxylation sites is 1. The topological polar surface area (TPSA) is 107 Å². The van der Waals surface area contributed by atoms with Crippen LogP contribution in [0.25, 0.3) is 0 Å². The van der Waals surface area contributed by atoms with Crippen LogP contribution in [-0.4, -0.2) is 33.5 Å². The molecule has 32 heavy (non-hydrogen) atoms. The van der Waals surface area contributed by atoms with Crippen LogP contribution in [0.1, 0.15) is 31.9 Å². The smallest absolute Gasteiger partial charge is 0.324 e. The highest BCUT2D eigenvalue weighted by molar-refractivity contribution is 6.35. The normalized spacial score (nSPS) is 27.3. The molecule has 0 radical (unpaired) electrons. The molecule has 0 unspecified atom stereocenters. The third-order valence-corrected chi connectivity index (χ3v) is 6.68. The monoisotopic (exact) mass is 476 g/mol. The van der Waals surface area contributed by atoms with E-state index in [0.29, 0.717) is 5.69 Å².